The molecule has 86 valence electrons. The Morgan fingerprint density at radius 2 is 1.87 bits per heavy atom. The quantitative estimate of drug-likeness (QED) is 0.684. The van der Waals surface area contributed by atoms with E-state index >= 15 is 0 Å². The van der Waals surface area contributed by atoms with Gasteiger partial charge in [-0.15, -0.1) is 0 Å². The maximum Gasteiger partial charge on any atom is 0.00966 e. The summed E-state index contributed by atoms with van der Waals surface area (Å²) in [5, 5.41) is 0. The molecule has 1 aliphatic carbocycles. The highest BCUT2D eigenvalue weighted by Gasteiger charge is 2.48. The zero-order chi connectivity index (χ0) is 10.5. The van der Waals surface area contributed by atoms with Gasteiger partial charge in [-0.05, 0) is 46.1 Å². The van der Waals surface area contributed by atoms with Crippen molar-refractivity contribution < 1.29 is 0 Å². The van der Waals surface area contributed by atoms with E-state index in [1.807, 2.05) is 0 Å². The van der Waals surface area contributed by atoms with Gasteiger partial charge in [0.25, 0.3) is 0 Å². The van der Waals surface area contributed by atoms with Crippen LogP contribution in [-0.2, 0) is 0 Å². The van der Waals surface area contributed by atoms with Gasteiger partial charge in [-0.1, -0.05) is 0 Å². The summed E-state index contributed by atoms with van der Waals surface area (Å²) in [6.07, 6.45) is 5.88. The molecule has 3 rings (SSSR count). The maximum atomic E-state index is 2.78. The minimum absolute atomic E-state index is 0.700. The van der Waals surface area contributed by atoms with E-state index in [0.717, 1.165) is 12.1 Å². The summed E-state index contributed by atoms with van der Waals surface area (Å²) in [4.78, 5) is 5.41. The minimum atomic E-state index is 0.700. The van der Waals surface area contributed by atoms with E-state index in [9.17, 15) is 0 Å². The maximum absolute atomic E-state index is 2.78. The summed E-state index contributed by atoms with van der Waals surface area (Å²) in [6, 6.07) is 1.74. The van der Waals surface area contributed by atoms with Crippen molar-refractivity contribution in [2.24, 2.45) is 5.41 Å². The zero-order valence-electron chi connectivity index (χ0n) is 10.2. The average molecular weight is 208 g/mol. The van der Waals surface area contributed by atoms with Crippen LogP contribution in [-0.4, -0.2) is 48.1 Å². The topological polar surface area (TPSA) is 6.48 Å². The Hall–Kier alpha value is -0.0800. The highest BCUT2D eigenvalue weighted by molar-refractivity contribution is 5.02. The van der Waals surface area contributed by atoms with E-state index in [4.69, 9.17) is 0 Å². The normalized spacial score (nSPS) is 32.2. The van der Waals surface area contributed by atoms with Gasteiger partial charge in [0.1, 0.15) is 0 Å². The second kappa shape index (κ2) is 3.46. The summed E-state index contributed by atoms with van der Waals surface area (Å²) in [5.41, 5.74) is 0.700. The molecule has 0 atom stereocenters. The molecule has 0 N–H and O–H groups in total. The van der Waals surface area contributed by atoms with E-state index in [1.54, 1.807) is 0 Å². The average Bonchev–Trinajstić information content (AvgIpc) is 2.97. The van der Waals surface area contributed by atoms with Crippen LogP contribution >= 0.6 is 0 Å². The molecule has 15 heavy (non-hydrogen) atoms. The fourth-order valence-corrected chi connectivity index (χ4v) is 3.44. The van der Waals surface area contributed by atoms with Gasteiger partial charge in [0.05, 0.1) is 0 Å². The van der Waals surface area contributed by atoms with Crippen molar-refractivity contribution in [2.75, 3.05) is 26.2 Å². The van der Waals surface area contributed by atoms with Crippen molar-refractivity contribution in [1.82, 2.24) is 9.80 Å². The van der Waals surface area contributed by atoms with Crippen LogP contribution in [0.1, 0.15) is 39.5 Å². The number of likely N-dealkylation sites (tertiary alicyclic amines) is 2. The fraction of sp³-hybridized carbons (Fsp3) is 1.00. The van der Waals surface area contributed by atoms with E-state index < -0.39 is 0 Å². The van der Waals surface area contributed by atoms with Crippen LogP contribution in [0.3, 0.4) is 0 Å². The molecule has 2 heterocycles. The van der Waals surface area contributed by atoms with Crippen molar-refractivity contribution in [1.29, 1.82) is 0 Å². The smallest absolute Gasteiger partial charge is 0.00966 e. The summed E-state index contributed by atoms with van der Waals surface area (Å²) in [7, 11) is 0. The molecule has 1 spiro atoms. The van der Waals surface area contributed by atoms with Crippen molar-refractivity contribution >= 4 is 0 Å². The first-order chi connectivity index (χ1) is 7.19. The van der Waals surface area contributed by atoms with Crippen LogP contribution in [0.2, 0.25) is 0 Å². The highest BCUT2D eigenvalue weighted by Crippen LogP contribution is 2.42. The number of hydrogen-bond donors (Lipinski definition) is 0. The summed E-state index contributed by atoms with van der Waals surface area (Å²) < 4.78 is 0. The fourth-order valence-electron chi connectivity index (χ4n) is 3.44. The Balaban J connectivity index is 1.58. The first kappa shape index (κ1) is 10.1. The lowest BCUT2D eigenvalue weighted by Crippen LogP contribution is -2.64. The van der Waals surface area contributed by atoms with E-state index in [0.29, 0.717) is 5.41 Å². The molecule has 2 aliphatic heterocycles. The molecule has 0 aromatic heterocycles. The second-order valence-electron chi connectivity index (χ2n) is 6.30. The first-order valence-electron chi connectivity index (χ1n) is 6.67. The highest BCUT2D eigenvalue weighted by atomic mass is 15.3. The molecule has 0 aromatic carbocycles. The largest absolute Gasteiger partial charge is 0.300 e. The lowest BCUT2D eigenvalue weighted by Gasteiger charge is -2.56. The Morgan fingerprint density at radius 1 is 1.13 bits per heavy atom. The van der Waals surface area contributed by atoms with Crippen LogP contribution < -0.4 is 0 Å². The van der Waals surface area contributed by atoms with E-state index in [-0.39, 0.29) is 0 Å². The SMILES string of the molecule is CC(C)N1CC2(CCCN(C3CC3)C2)C1. The predicted octanol–water partition coefficient (Wildman–Crippen LogP) is 1.96. The molecular formula is C13H24N2. The van der Waals surface area contributed by atoms with Gasteiger partial charge >= 0.3 is 0 Å². The lowest BCUT2D eigenvalue weighted by molar-refractivity contribution is -0.0708. The summed E-state index contributed by atoms with van der Waals surface area (Å²) >= 11 is 0. The Morgan fingerprint density at radius 3 is 2.47 bits per heavy atom. The van der Waals surface area contributed by atoms with Gasteiger partial charge in [0, 0.05) is 37.1 Å². The Kier molecular flexibility index (Phi) is 2.33. The second-order valence-corrected chi connectivity index (χ2v) is 6.30. The molecule has 3 aliphatic rings. The molecule has 0 unspecified atom stereocenters. The van der Waals surface area contributed by atoms with Crippen LogP contribution in [0.15, 0.2) is 0 Å². The molecule has 0 bridgehead atoms. The van der Waals surface area contributed by atoms with Gasteiger partial charge in [-0.3, -0.25) is 9.80 Å². The number of piperidine rings is 1. The number of nitrogens with zero attached hydrogens (tertiary/aromatic N) is 2. The molecule has 2 saturated heterocycles. The van der Waals surface area contributed by atoms with Crippen LogP contribution in [0.5, 0.6) is 0 Å². The number of hydrogen-bond acceptors (Lipinski definition) is 2. The Labute approximate surface area is 93.6 Å². The third kappa shape index (κ3) is 1.83. The molecule has 0 aromatic rings. The van der Waals surface area contributed by atoms with Gasteiger partial charge in [-0.2, -0.15) is 0 Å². The van der Waals surface area contributed by atoms with E-state index in [2.05, 4.69) is 23.6 Å². The zero-order valence-corrected chi connectivity index (χ0v) is 10.2. The van der Waals surface area contributed by atoms with Crippen molar-refractivity contribution in [3.8, 4) is 0 Å². The minimum Gasteiger partial charge on any atom is -0.300 e. The van der Waals surface area contributed by atoms with Gasteiger partial charge < -0.3 is 0 Å². The van der Waals surface area contributed by atoms with Crippen molar-refractivity contribution in [3.63, 3.8) is 0 Å². The molecule has 3 fully saturated rings. The molecule has 2 heteroatoms. The third-order valence-electron chi connectivity index (χ3n) is 4.56. The van der Waals surface area contributed by atoms with Crippen LogP contribution in [0.25, 0.3) is 0 Å². The summed E-state index contributed by atoms with van der Waals surface area (Å²) in [6.45, 7) is 10.2. The van der Waals surface area contributed by atoms with Gasteiger partial charge in [-0.25, -0.2) is 0 Å². The first-order valence-corrected chi connectivity index (χ1v) is 6.67. The molecule has 0 amide bonds. The van der Waals surface area contributed by atoms with Crippen molar-refractivity contribution in [2.45, 2.75) is 51.6 Å². The monoisotopic (exact) mass is 208 g/mol. The van der Waals surface area contributed by atoms with E-state index in [1.165, 1.54) is 51.9 Å². The third-order valence-corrected chi connectivity index (χ3v) is 4.56. The number of rotatable bonds is 2. The molecular weight excluding hydrogens is 184 g/mol. The van der Waals surface area contributed by atoms with Gasteiger partial charge in [0.15, 0.2) is 0 Å². The van der Waals surface area contributed by atoms with Gasteiger partial charge in [0.2, 0.25) is 0 Å². The molecule has 2 nitrogen and oxygen atoms in total. The standard InChI is InChI=1S/C13H24N2/c1-11(2)15-9-13(10-15)6-3-7-14(8-13)12-4-5-12/h11-12H,3-10H2,1-2H3. The molecule has 0 radical (unpaired) electrons. The molecule has 1 saturated carbocycles. The lowest BCUT2D eigenvalue weighted by atomic mass is 9.72. The van der Waals surface area contributed by atoms with Crippen molar-refractivity contribution in [3.05, 3.63) is 0 Å². The summed E-state index contributed by atoms with van der Waals surface area (Å²) in [5.74, 6) is 0. The predicted molar refractivity (Wildman–Crippen MR) is 63.0 cm³/mol. The van der Waals surface area contributed by atoms with Crippen LogP contribution in [0, 0.1) is 5.41 Å². The van der Waals surface area contributed by atoms with Crippen LogP contribution in [0.4, 0.5) is 0 Å². The Bertz CT molecular complexity index is 239.